The summed E-state index contributed by atoms with van der Waals surface area (Å²) < 4.78 is 4.83. The minimum absolute atomic E-state index is 0.322. The lowest BCUT2D eigenvalue weighted by molar-refractivity contribution is -0.138. The molecule has 78 valence electrons. The van der Waals surface area contributed by atoms with Crippen LogP contribution in [0.1, 0.15) is 13.8 Å². The fourth-order valence-electron chi connectivity index (χ4n) is 1.03. The van der Waals surface area contributed by atoms with Gasteiger partial charge in [-0.1, -0.05) is 23.2 Å². The van der Waals surface area contributed by atoms with Gasteiger partial charge in [-0.2, -0.15) is 0 Å². The smallest absolute Gasteiger partial charge is 0.341 e. The summed E-state index contributed by atoms with van der Waals surface area (Å²) in [4.78, 5) is 11.4. The van der Waals surface area contributed by atoms with Crippen LogP contribution in [0.4, 0.5) is 0 Å². The van der Waals surface area contributed by atoms with Crippen molar-refractivity contribution in [1.82, 2.24) is 5.32 Å². The molecule has 1 rings (SSSR count). The summed E-state index contributed by atoms with van der Waals surface area (Å²) in [5.74, 6) is -0.437. The average molecular weight is 236 g/mol. The lowest BCUT2D eigenvalue weighted by Crippen LogP contribution is -2.27. The fourth-order valence-corrected chi connectivity index (χ4v) is 1.49. The molecule has 1 unspecified atom stereocenters. The van der Waals surface area contributed by atoms with Crippen LogP contribution in [-0.2, 0) is 9.53 Å². The molecule has 1 aliphatic heterocycles. The summed E-state index contributed by atoms with van der Waals surface area (Å²) in [7, 11) is 0. The molecule has 5 heteroatoms. The van der Waals surface area contributed by atoms with Gasteiger partial charge in [0.25, 0.3) is 0 Å². The van der Waals surface area contributed by atoms with Crippen LogP contribution in [-0.4, -0.2) is 18.1 Å². The molecule has 14 heavy (non-hydrogen) atoms. The Balaban J connectivity index is 2.87. The monoisotopic (exact) mass is 235 g/mol. The molecule has 1 N–H and O–H groups in total. The first-order valence-electron chi connectivity index (χ1n) is 4.22. The lowest BCUT2D eigenvalue weighted by Gasteiger charge is -2.19. The minimum Gasteiger partial charge on any atom is -0.462 e. The standard InChI is InChI=1S/C9H11Cl2NO2/c1-3-14-9(13)6-4-12-8(11)5(2)7(6)10/h4,8,12H,3H2,1-2H3. The number of rotatable bonds is 2. The Morgan fingerprint density at radius 3 is 2.93 bits per heavy atom. The van der Waals surface area contributed by atoms with Crippen molar-refractivity contribution in [3.05, 3.63) is 22.4 Å². The summed E-state index contributed by atoms with van der Waals surface area (Å²) in [6.45, 7) is 3.83. The molecule has 0 bridgehead atoms. The van der Waals surface area contributed by atoms with E-state index < -0.39 is 5.97 Å². The SMILES string of the molecule is CCOC(=O)C1=CNC(Cl)C(C)=C1Cl. The highest BCUT2D eigenvalue weighted by Gasteiger charge is 2.23. The number of carbonyl (C=O) groups excluding carboxylic acids is 1. The highest BCUT2D eigenvalue weighted by Crippen LogP contribution is 2.27. The number of esters is 1. The molecule has 1 aliphatic rings. The maximum absolute atomic E-state index is 11.4. The number of nitrogens with one attached hydrogen (secondary N) is 1. The van der Waals surface area contributed by atoms with E-state index in [-0.39, 0.29) is 5.50 Å². The summed E-state index contributed by atoms with van der Waals surface area (Å²) in [5.41, 5.74) is 0.683. The van der Waals surface area contributed by atoms with E-state index in [1.54, 1.807) is 13.8 Å². The molecule has 0 spiro atoms. The largest absolute Gasteiger partial charge is 0.462 e. The summed E-state index contributed by atoms with van der Waals surface area (Å²) in [6.07, 6.45) is 1.48. The van der Waals surface area contributed by atoms with E-state index >= 15 is 0 Å². The quantitative estimate of drug-likeness (QED) is 0.453. The van der Waals surface area contributed by atoms with Crippen LogP contribution in [0.2, 0.25) is 0 Å². The van der Waals surface area contributed by atoms with Crippen molar-refractivity contribution >= 4 is 29.2 Å². The van der Waals surface area contributed by atoms with Gasteiger partial charge in [-0.3, -0.25) is 0 Å². The zero-order chi connectivity index (χ0) is 10.7. The van der Waals surface area contributed by atoms with E-state index in [9.17, 15) is 4.79 Å². The van der Waals surface area contributed by atoms with Gasteiger partial charge in [0, 0.05) is 6.20 Å². The number of halogens is 2. The molecule has 0 fully saturated rings. The van der Waals surface area contributed by atoms with Gasteiger partial charge in [0.1, 0.15) is 5.50 Å². The maximum Gasteiger partial charge on any atom is 0.341 e. The highest BCUT2D eigenvalue weighted by atomic mass is 35.5. The van der Waals surface area contributed by atoms with Crippen molar-refractivity contribution in [2.75, 3.05) is 6.61 Å². The molecule has 3 nitrogen and oxygen atoms in total. The maximum atomic E-state index is 11.4. The lowest BCUT2D eigenvalue weighted by atomic mass is 10.1. The molecule has 0 aromatic carbocycles. The second-order valence-electron chi connectivity index (χ2n) is 2.80. The Morgan fingerprint density at radius 2 is 2.36 bits per heavy atom. The van der Waals surface area contributed by atoms with Crippen molar-refractivity contribution < 1.29 is 9.53 Å². The van der Waals surface area contributed by atoms with Crippen molar-refractivity contribution in [3.63, 3.8) is 0 Å². The van der Waals surface area contributed by atoms with Crippen LogP contribution in [0.25, 0.3) is 0 Å². The van der Waals surface area contributed by atoms with Gasteiger partial charge in [-0.05, 0) is 19.4 Å². The summed E-state index contributed by atoms with van der Waals surface area (Å²) in [6, 6.07) is 0. The van der Waals surface area contributed by atoms with Crippen LogP contribution in [0.3, 0.4) is 0 Å². The molecule has 0 saturated heterocycles. The summed E-state index contributed by atoms with van der Waals surface area (Å²) in [5, 5.41) is 3.17. The first-order chi connectivity index (χ1) is 6.57. The van der Waals surface area contributed by atoms with Crippen LogP contribution in [0, 0.1) is 0 Å². The van der Waals surface area contributed by atoms with E-state index in [2.05, 4.69) is 5.32 Å². The molecule has 1 heterocycles. The van der Waals surface area contributed by atoms with Crippen molar-refractivity contribution in [2.45, 2.75) is 19.3 Å². The number of ether oxygens (including phenoxy) is 1. The second-order valence-corrected chi connectivity index (χ2v) is 3.62. The predicted molar refractivity (Wildman–Crippen MR) is 56.0 cm³/mol. The van der Waals surface area contributed by atoms with E-state index in [4.69, 9.17) is 27.9 Å². The van der Waals surface area contributed by atoms with Crippen molar-refractivity contribution in [1.29, 1.82) is 0 Å². The van der Waals surface area contributed by atoms with E-state index in [0.717, 1.165) is 5.57 Å². The normalized spacial score (nSPS) is 21.4. The van der Waals surface area contributed by atoms with Gasteiger partial charge in [-0.25, -0.2) is 4.79 Å². The number of alkyl halides is 1. The zero-order valence-corrected chi connectivity index (χ0v) is 9.45. The van der Waals surface area contributed by atoms with Crippen LogP contribution in [0.5, 0.6) is 0 Å². The third-order valence-corrected chi connectivity index (χ3v) is 2.79. The Hall–Kier alpha value is -0.670. The Labute approximate surface area is 92.7 Å². The fraction of sp³-hybridized carbons (Fsp3) is 0.444. The third kappa shape index (κ3) is 2.22. The number of hydrogen-bond donors (Lipinski definition) is 1. The van der Waals surface area contributed by atoms with Crippen molar-refractivity contribution in [3.8, 4) is 0 Å². The van der Waals surface area contributed by atoms with E-state index in [1.165, 1.54) is 6.20 Å². The average Bonchev–Trinajstić information content (AvgIpc) is 2.15. The molecule has 0 aliphatic carbocycles. The number of carbonyl (C=O) groups is 1. The number of dihydropyridines is 1. The first kappa shape index (κ1) is 11.4. The topological polar surface area (TPSA) is 38.3 Å². The van der Waals surface area contributed by atoms with Gasteiger partial charge in [0.2, 0.25) is 0 Å². The molecular weight excluding hydrogens is 225 g/mol. The minimum atomic E-state index is -0.437. The second kappa shape index (κ2) is 4.71. The van der Waals surface area contributed by atoms with Gasteiger partial charge in [-0.15, -0.1) is 0 Å². The number of hydrogen-bond acceptors (Lipinski definition) is 3. The molecule has 0 aromatic heterocycles. The molecule has 0 radical (unpaired) electrons. The molecule has 1 atom stereocenters. The van der Waals surface area contributed by atoms with Gasteiger partial charge < -0.3 is 10.1 Å². The Bertz CT molecular complexity index is 310. The van der Waals surface area contributed by atoms with Gasteiger partial charge in [0.05, 0.1) is 17.2 Å². The van der Waals surface area contributed by atoms with E-state index in [0.29, 0.717) is 17.2 Å². The molecule has 0 amide bonds. The Kier molecular flexibility index (Phi) is 3.84. The zero-order valence-electron chi connectivity index (χ0n) is 7.93. The van der Waals surface area contributed by atoms with Crippen LogP contribution >= 0.6 is 23.2 Å². The molecule has 0 aromatic rings. The van der Waals surface area contributed by atoms with Gasteiger partial charge in [0.15, 0.2) is 0 Å². The van der Waals surface area contributed by atoms with Crippen LogP contribution in [0.15, 0.2) is 22.4 Å². The van der Waals surface area contributed by atoms with Gasteiger partial charge >= 0.3 is 5.97 Å². The predicted octanol–water partition coefficient (Wildman–Crippen LogP) is 2.11. The summed E-state index contributed by atoms with van der Waals surface area (Å²) >= 11 is 11.8. The van der Waals surface area contributed by atoms with Crippen LogP contribution < -0.4 is 5.32 Å². The molecule has 0 saturated carbocycles. The van der Waals surface area contributed by atoms with Crippen molar-refractivity contribution in [2.24, 2.45) is 0 Å². The van der Waals surface area contributed by atoms with E-state index in [1.807, 2.05) is 0 Å². The highest BCUT2D eigenvalue weighted by molar-refractivity contribution is 6.36. The Morgan fingerprint density at radius 1 is 1.71 bits per heavy atom. The first-order valence-corrected chi connectivity index (χ1v) is 5.03. The third-order valence-electron chi connectivity index (χ3n) is 1.83. The molecular formula is C9H11Cl2NO2.